The molecule has 0 aliphatic rings. The Morgan fingerprint density at radius 3 is 2.92 bits per heavy atom. The van der Waals surface area contributed by atoms with E-state index in [1.807, 2.05) is 24.3 Å². The van der Waals surface area contributed by atoms with Crippen LogP contribution in [0.3, 0.4) is 0 Å². The van der Waals surface area contributed by atoms with Gasteiger partial charge in [0.2, 0.25) is 0 Å². The molecule has 0 spiro atoms. The quantitative estimate of drug-likeness (QED) is 0.695. The molecule has 1 aromatic heterocycles. The van der Waals surface area contributed by atoms with Crippen LogP contribution in [0.4, 0.5) is 0 Å². The van der Waals surface area contributed by atoms with Crippen LogP contribution in [0.25, 0.3) is 10.9 Å². The van der Waals surface area contributed by atoms with E-state index in [4.69, 9.17) is 16.3 Å². The van der Waals surface area contributed by atoms with Gasteiger partial charge in [0.05, 0.1) is 17.6 Å². The summed E-state index contributed by atoms with van der Waals surface area (Å²) in [4.78, 5) is 4.18. The molecule has 0 amide bonds. The molecule has 0 aliphatic carbocycles. The summed E-state index contributed by atoms with van der Waals surface area (Å²) in [5.41, 5.74) is 0.883. The van der Waals surface area contributed by atoms with Gasteiger partial charge >= 0.3 is 0 Å². The second-order valence-electron chi connectivity index (χ2n) is 2.65. The average molecular weight is 194 g/mol. The molecule has 0 unspecified atom stereocenters. The molecule has 0 saturated heterocycles. The summed E-state index contributed by atoms with van der Waals surface area (Å²) >= 11 is 6.08. The molecular weight excluding hydrogens is 186 g/mol. The van der Waals surface area contributed by atoms with Crippen molar-refractivity contribution in [2.45, 2.75) is 0 Å². The van der Waals surface area contributed by atoms with Crippen LogP contribution in [0.15, 0.2) is 30.5 Å². The van der Waals surface area contributed by atoms with E-state index in [1.54, 1.807) is 13.3 Å². The van der Waals surface area contributed by atoms with Gasteiger partial charge < -0.3 is 4.74 Å². The molecule has 13 heavy (non-hydrogen) atoms. The smallest absolute Gasteiger partial charge is 0.138 e. The van der Waals surface area contributed by atoms with E-state index >= 15 is 0 Å². The highest BCUT2D eigenvalue weighted by Crippen LogP contribution is 2.31. The normalized spacial score (nSPS) is 10.3. The van der Waals surface area contributed by atoms with E-state index in [1.165, 1.54) is 0 Å². The van der Waals surface area contributed by atoms with Gasteiger partial charge in [-0.05, 0) is 24.3 Å². The zero-order chi connectivity index (χ0) is 9.26. The lowest BCUT2D eigenvalue weighted by Crippen LogP contribution is -1.85. The maximum atomic E-state index is 6.08. The molecule has 0 aliphatic heterocycles. The molecule has 0 fully saturated rings. The SMILES string of the molecule is COc1ccc2ncccc2c1Cl. The fourth-order valence-electron chi connectivity index (χ4n) is 1.25. The highest BCUT2D eigenvalue weighted by Gasteiger charge is 2.04. The lowest BCUT2D eigenvalue weighted by Gasteiger charge is -2.04. The van der Waals surface area contributed by atoms with Crippen molar-refractivity contribution >= 4 is 22.5 Å². The standard InChI is InChI=1S/C10H8ClNO/c1-13-9-5-4-8-7(10(9)11)3-2-6-12-8/h2-6H,1H3. The molecule has 2 nitrogen and oxygen atoms in total. The Bertz CT molecular complexity index is 442. The number of hydrogen-bond acceptors (Lipinski definition) is 2. The predicted octanol–water partition coefficient (Wildman–Crippen LogP) is 2.90. The van der Waals surface area contributed by atoms with Gasteiger partial charge in [-0.25, -0.2) is 0 Å². The summed E-state index contributed by atoms with van der Waals surface area (Å²) in [6, 6.07) is 7.48. The topological polar surface area (TPSA) is 22.1 Å². The van der Waals surface area contributed by atoms with Crippen LogP contribution in [-0.4, -0.2) is 12.1 Å². The Balaban J connectivity index is 2.79. The van der Waals surface area contributed by atoms with Crippen LogP contribution in [0.1, 0.15) is 0 Å². The fourth-order valence-corrected chi connectivity index (χ4v) is 1.55. The summed E-state index contributed by atoms with van der Waals surface area (Å²) in [6.07, 6.45) is 1.74. The lowest BCUT2D eigenvalue weighted by atomic mass is 10.2. The van der Waals surface area contributed by atoms with Crippen molar-refractivity contribution in [3.05, 3.63) is 35.5 Å². The first-order chi connectivity index (χ1) is 6.33. The molecule has 3 heteroatoms. The van der Waals surface area contributed by atoms with E-state index in [2.05, 4.69) is 4.98 Å². The van der Waals surface area contributed by atoms with E-state index in [0.29, 0.717) is 10.8 Å². The summed E-state index contributed by atoms with van der Waals surface area (Å²) in [5, 5.41) is 1.54. The Hall–Kier alpha value is -1.28. The van der Waals surface area contributed by atoms with Crippen molar-refractivity contribution in [2.75, 3.05) is 7.11 Å². The van der Waals surface area contributed by atoms with E-state index < -0.39 is 0 Å². The van der Waals surface area contributed by atoms with Crippen LogP contribution in [0, 0.1) is 0 Å². The van der Waals surface area contributed by atoms with Crippen molar-refractivity contribution in [2.24, 2.45) is 0 Å². The Labute approximate surface area is 81.1 Å². The number of aromatic nitrogens is 1. The highest BCUT2D eigenvalue weighted by atomic mass is 35.5. The van der Waals surface area contributed by atoms with Crippen LogP contribution < -0.4 is 4.74 Å². The summed E-state index contributed by atoms with van der Waals surface area (Å²) in [5.74, 6) is 0.683. The zero-order valence-electron chi connectivity index (χ0n) is 7.12. The number of methoxy groups -OCH3 is 1. The molecular formula is C10H8ClNO. The third kappa shape index (κ3) is 1.33. The number of rotatable bonds is 1. The van der Waals surface area contributed by atoms with Gasteiger partial charge in [0.25, 0.3) is 0 Å². The summed E-state index contributed by atoms with van der Waals surface area (Å²) in [7, 11) is 1.60. The summed E-state index contributed by atoms with van der Waals surface area (Å²) in [6.45, 7) is 0. The van der Waals surface area contributed by atoms with Gasteiger partial charge in [0, 0.05) is 11.6 Å². The molecule has 1 aromatic carbocycles. The second kappa shape index (κ2) is 3.23. The van der Waals surface area contributed by atoms with E-state index in [-0.39, 0.29) is 0 Å². The first kappa shape index (κ1) is 8.32. The van der Waals surface area contributed by atoms with Crippen molar-refractivity contribution in [3.8, 4) is 5.75 Å². The minimum absolute atomic E-state index is 0.619. The first-order valence-corrected chi connectivity index (χ1v) is 4.28. The molecule has 1 heterocycles. The molecule has 0 saturated carbocycles. The average Bonchev–Trinajstić information content (AvgIpc) is 2.19. The van der Waals surface area contributed by atoms with Crippen molar-refractivity contribution in [1.29, 1.82) is 0 Å². The predicted molar refractivity (Wildman–Crippen MR) is 53.3 cm³/mol. The maximum Gasteiger partial charge on any atom is 0.138 e. The number of ether oxygens (including phenoxy) is 1. The second-order valence-corrected chi connectivity index (χ2v) is 3.03. The Morgan fingerprint density at radius 1 is 1.31 bits per heavy atom. The van der Waals surface area contributed by atoms with Crippen LogP contribution >= 0.6 is 11.6 Å². The lowest BCUT2D eigenvalue weighted by molar-refractivity contribution is 0.415. The number of nitrogens with zero attached hydrogens (tertiary/aromatic N) is 1. The van der Waals surface area contributed by atoms with Gasteiger partial charge in [-0.1, -0.05) is 11.6 Å². The molecule has 2 rings (SSSR count). The summed E-state index contributed by atoms with van der Waals surface area (Å²) < 4.78 is 5.09. The van der Waals surface area contributed by atoms with E-state index in [0.717, 1.165) is 10.9 Å². The van der Waals surface area contributed by atoms with Crippen molar-refractivity contribution in [1.82, 2.24) is 4.98 Å². The van der Waals surface area contributed by atoms with Crippen LogP contribution in [-0.2, 0) is 0 Å². The number of pyridine rings is 1. The minimum Gasteiger partial charge on any atom is -0.495 e. The van der Waals surface area contributed by atoms with E-state index in [9.17, 15) is 0 Å². The molecule has 0 bridgehead atoms. The van der Waals surface area contributed by atoms with Gasteiger partial charge in [-0.3, -0.25) is 4.98 Å². The number of hydrogen-bond donors (Lipinski definition) is 0. The number of fused-ring (bicyclic) bond motifs is 1. The van der Waals surface area contributed by atoms with Crippen LogP contribution in [0.5, 0.6) is 5.75 Å². The van der Waals surface area contributed by atoms with Gasteiger partial charge in [0.15, 0.2) is 0 Å². The third-order valence-corrected chi connectivity index (χ3v) is 2.29. The molecule has 2 aromatic rings. The van der Waals surface area contributed by atoms with Crippen LogP contribution in [0.2, 0.25) is 5.02 Å². The zero-order valence-corrected chi connectivity index (χ0v) is 7.88. The number of benzene rings is 1. The molecule has 66 valence electrons. The minimum atomic E-state index is 0.619. The van der Waals surface area contributed by atoms with Gasteiger partial charge in [0.1, 0.15) is 5.75 Å². The number of halogens is 1. The Morgan fingerprint density at radius 2 is 2.15 bits per heavy atom. The Kier molecular flexibility index (Phi) is 2.07. The largest absolute Gasteiger partial charge is 0.495 e. The molecule has 0 atom stereocenters. The van der Waals surface area contributed by atoms with Crippen molar-refractivity contribution in [3.63, 3.8) is 0 Å². The highest BCUT2D eigenvalue weighted by molar-refractivity contribution is 6.36. The maximum absolute atomic E-state index is 6.08. The van der Waals surface area contributed by atoms with Crippen molar-refractivity contribution < 1.29 is 4.74 Å². The first-order valence-electron chi connectivity index (χ1n) is 3.90. The molecule has 0 radical (unpaired) electrons. The van der Waals surface area contributed by atoms with Gasteiger partial charge in [-0.2, -0.15) is 0 Å². The third-order valence-electron chi connectivity index (χ3n) is 1.90. The monoisotopic (exact) mass is 193 g/mol. The fraction of sp³-hybridized carbons (Fsp3) is 0.100. The van der Waals surface area contributed by atoms with Gasteiger partial charge in [-0.15, -0.1) is 0 Å². The molecule has 0 N–H and O–H groups in total.